The first-order valence-electron chi connectivity index (χ1n) is 8.38. The van der Waals surface area contributed by atoms with Crippen molar-refractivity contribution in [2.24, 2.45) is 5.41 Å². The molecule has 0 radical (unpaired) electrons. The fourth-order valence-corrected chi connectivity index (χ4v) is 4.04. The maximum atomic E-state index is 12.0. The van der Waals surface area contributed by atoms with Crippen LogP contribution in [-0.2, 0) is 17.9 Å². The smallest absolute Gasteiger partial charge is 0.312 e. The molecule has 1 aromatic heterocycles. The van der Waals surface area contributed by atoms with Crippen molar-refractivity contribution in [2.75, 3.05) is 26.2 Å². The fourth-order valence-electron chi connectivity index (χ4n) is 4.04. The number of carboxylic acid groups (broad SMARTS) is 1. The third-order valence-electron chi connectivity index (χ3n) is 5.29. The van der Waals surface area contributed by atoms with E-state index in [2.05, 4.69) is 15.3 Å². The maximum Gasteiger partial charge on any atom is 0.312 e. The molecule has 0 amide bonds. The molecule has 7 nitrogen and oxygen atoms in total. The molecule has 0 spiro atoms. The Kier molecular flexibility index (Phi) is 4.70. The van der Waals surface area contributed by atoms with Crippen molar-refractivity contribution >= 4 is 5.97 Å². The van der Waals surface area contributed by atoms with Gasteiger partial charge >= 0.3 is 5.97 Å². The Morgan fingerprint density at radius 2 is 2.39 bits per heavy atom. The van der Waals surface area contributed by atoms with Gasteiger partial charge in [-0.3, -0.25) is 14.4 Å². The molecule has 23 heavy (non-hydrogen) atoms. The van der Waals surface area contributed by atoms with Crippen LogP contribution in [0.5, 0.6) is 0 Å². The van der Waals surface area contributed by atoms with E-state index in [-0.39, 0.29) is 12.6 Å². The highest BCUT2D eigenvalue weighted by molar-refractivity contribution is 5.76. The largest absolute Gasteiger partial charge is 0.481 e. The van der Waals surface area contributed by atoms with Crippen LogP contribution in [0, 0.1) is 12.3 Å². The minimum Gasteiger partial charge on any atom is -0.481 e. The number of rotatable bonds is 5. The minimum absolute atomic E-state index is 0.0692. The third kappa shape index (κ3) is 3.13. The number of fused-ring (bicyclic) bond motifs is 1. The number of likely N-dealkylation sites (tertiary alicyclic amines) is 1. The quantitative estimate of drug-likeness (QED) is 0.718. The van der Waals surface area contributed by atoms with Gasteiger partial charge in [0.15, 0.2) is 0 Å². The number of aromatic nitrogens is 2. The number of nitrogens with zero attached hydrogens (tertiary/aromatic N) is 3. The zero-order chi connectivity index (χ0) is 16.4. The number of carbonyl (C=O) groups is 1. The minimum atomic E-state index is -0.674. The summed E-state index contributed by atoms with van der Waals surface area (Å²) in [4.78, 5) is 14.2. The summed E-state index contributed by atoms with van der Waals surface area (Å²) >= 11 is 0. The fraction of sp³-hybridized carbons (Fsp3) is 0.750. The number of piperidine rings is 2. The van der Waals surface area contributed by atoms with Crippen molar-refractivity contribution in [3.63, 3.8) is 0 Å². The van der Waals surface area contributed by atoms with Crippen molar-refractivity contribution < 1.29 is 15.0 Å². The number of aliphatic hydroxyl groups excluding tert-OH is 1. The lowest BCUT2D eigenvalue weighted by Gasteiger charge is -2.48. The summed E-state index contributed by atoms with van der Waals surface area (Å²) in [7, 11) is 0. The van der Waals surface area contributed by atoms with Crippen LogP contribution in [0.1, 0.15) is 30.5 Å². The molecule has 0 aliphatic carbocycles. The second kappa shape index (κ2) is 6.59. The summed E-state index contributed by atoms with van der Waals surface area (Å²) < 4.78 is 1.76. The molecule has 2 aliphatic heterocycles. The van der Waals surface area contributed by atoms with E-state index in [1.165, 1.54) is 0 Å². The molecular formula is C16H26N4O3. The van der Waals surface area contributed by atoms with Gasteiger partial charge in [-0.05, 0) is 32.7 Å². The molecule has 1 aromatic rings. The van der Waals surface area contributed by atoms with Gasteiger partial charge in [-0.15, -0.1) is 0 Å². The van der Waals surface area contributed by atoms with E-state index in [9.17, 15) is 9.90 Å². The normalized spacial score (nSPS) is 28.5. The van der Waals surface area contributed by atoms with Crippen LogP contribution in [0.3, 0.4) is 0 Å². The Labute approximate surface area is 136 Å². The van der Waals surface area contributed by atoms with E-state index >= 15 is 0 Å². The number of nitrogens with one attached hydrogen (secondary N) is 1. The van der Waals surface area contributed by atoms with Crippen molar-refractivity contribution in [1.29, 1.82) is 0 Å². The maximum absolute atomic E-state index is 12.0. The first-order chi connectivity index (χ1) is 11.0. The molecule has 2 aliphatic rings. The molecular weight excluding hydrogens is 296 g/mol. The van der Waals surface area contributed by atoms with Crippen LogP contribution in [-0.4, -0.2) is 63.1 Å². The molecule has 0 unspecified atom stereocenters. The van der Waals surface area contributed by atoms with Crippen LogP contribution >= 0.6 is 0 Å². The molecule has 0 bridgehead atoms. The molecule has 7 heteroatoms. The number of aliphatic hydroxyl groups is 1. The Balaban J connectivity index is 1.73. The lowest BCUT2D eigenvalue weighted by Crippen LogP contribution is -2.62. The molecule has 2 atom stereocenters. The van der Waals surface area contributed by atoms with Gasteiger partial charge in [0.25, 0.3) is 0 Å². The number of carboxylic acids is 1. The Morgan fingerprint density at radius 1 is 1.57 bits per heavy atom. The number of hydrogen-bond acceptors (Lipinski definition) is 5. The van der Waals surface area contributed by atoms with E-state index in [0.717, 1.165) is 50.2 Å². The van der Waals surface area contributed by atoms with Crippen molar-refractivity contribution in [3.05, 3.63) is 17.5 Å². The second-order valence-corrected chi connectivity index (χ2v) is 6.80. The predicted octanol–water partition coefficient (Wildman–Crippen LogP) is 0.213. The van der Waals surface area contributed by atoms with Crippen LogP contribution < -0.4 is 5.32 Å². The van der Waals surface area contributed by atoms with Gasteiger partial charge < -0.3 is 15.5 Å². The van der Waals surface area contributed by atoms with Gasteiger partial charge in [0, 0.05) is 37.4 Å². The lowest BCUT2D eigenvalue weighted by atomic mass is 9.70. The van der Waals surface area contributed by atoms with Crippen molar-refractivity contribution in [2.45, 2.75) is 45.3 Å². The average molecular weight is 322 g/mol. The summed E-state index contributed by atoms with van der Waals surface area (Å²) in [6, 6.07) is 0.0863. The van der Waals surface area contributed by atoms with Crippen LogP contribution in [0.25, 0.3) is 0 Å². The van der Waals surface area contributed by atoms with Gasteiger partial charge in [-0.1, -0.05) is 0 Å². The Morgan fingerprint density at radius 3 is 3.13 bits per heavy atom. The first-order valence-corrected chi connectivity index (χ1v) is 8.38. The number of hydrogen-bond donors (Lipinski definition) is 3. The van der Waals surface area contributed by atoms with Crippen molar-refractivity contribution in [3.8, 4) is 0 Å². The Bertz CT molecular complexity index is 574. The summed E-state index contributed by atoms with van der Waals surface area (Å²) in [6.07, 6.45) is 4.50. The highest BCUT2D eigenvalue weighted by Crippen LogP contribution is 2.38. The predicted molar refractivity (Wildman–Crippen MR) is 85.0 cm³/mol. The third-order valence-corrected chi connectivity index (χ3v) is 5.29. The van der Waals surface area contributed by atoms with E-state index in [0.29, 0.717) is 13.1 Å². The molecule has 3 rings (SSSR count). The van der Waals surface area contributed by atoms with E-state index < -0.39 is 11.4 Å². The average Bonchev–Trinajstić information content (AvgIpc) is 2.87. The van der Waals surface area contributed by atoms with E-state index in [1.807, 2.05) is 13.1 Å². The van der Waals surface area contributed by atoms with Crippen LogP contribution in [0.4, 0.5) is 0 Å². The monoisotopic (exact) mass is 322 g/mol. The Hall–Kier alpha value is -1.44. The summed E-state index contributed by atoms with van der Waals surface area (Å²) in [5, 5.41) is 26.7. The van der Waals surface area contributed by atoms with Crippen LogP contribution in [0.15, 0.2) is 6.20 Å². The zero-order valence-electron chi connectivity index (χ0n) is 13.7. The summed E-state index contributed by atoms with van der Waals surface area (Å²) in [5.41, 5.74) is 1.40. The SMILES string of the molecule is Cc1nn(CCO)cc1CN1CC[C@H]2NCCC[C@]2(C(=O)O)C1. The summed E-state index contributed by atoms with van der Waals surface area (Å²) in [6.45, 7) is 5.66. The van der Waals surface area contributed by atoms with Gasteiger partial charge in [0.2, 0.25) is 0 Å². The van der Waals surface area contributed by atoms with Crippen LogP contribution in [0.2, 0.25) is 0 Å². The molecule has 3 N–H and O–H groups in total. The molecule has 0 aromatic carbocycles. The molecule has 0 saturated carbocycles. The molecule has 128 valence electrons. The van der Waals surface area contributed by atoms with Gasteiger partial charge in [-0.2, -0.15) is 5.10 Å². The highest BCUT2D eigenvalue weighted by Gasteiger charge is 2.50. The first kappa shape index (κ1) is 16.4. The zero-order valence-corrected chi connectivity index (χ0v) is 13.7. The molecule has 3 heterocycles. The number of aryl methyl sites for hydroxylation is 1. The number of aliphatic carboxylic acids is 1. The van der Waals surface area contributed by atoms with E-state index in [1.54, 1.807) is 4.68 Å². The topological polar surface area (TPSA) is 90.6 Å². The standard InChI is InChI=1S/C16H26N4O3/c1-12-13(10-20(18-12)7-8-21)9-19-6-3-14-16(11-19,15(22)23)4-2-5-17-14/h10,14,17,21H,2-9,11H2,1H3,(H,22,23)/t14-,16+/m1/s1. The molecule has 2 saturated heterocycles. The van der Waals surface area contributed by atoms with Crippen molar-refractivity contribution in [1.82, 2.24) is 20.0 Å². The van der Waals surface area contributed by atoms with Gasteiger partial charge in [-0.25, -0.2) is 0 Å². The second-order valence-electron chi connectivity index (χ2n) is 6.80. The lowest BCUT2D eigenvalue weighted by molar-refractivity contribution is -0.157. The molecule has 2 fully saturated rings. The van der Waals surface area contributed by atoms with E-state index in [4.69, 9.17) is 5.11 Å². The summed E-state index contributed by atoms with van der Waals surface area (Å²) in [5.74, 6) is -0.674. The van der Waals surface area contributed by atoms with Gasteiger partial charge in [0.1, 0.15) is 0 Å². The highest BCUT2D eigenvalue weighted by atomic mass is 16.4. The van der Waals surface area contributed by atoms with Gasteiger partial charge in [0.05, 0.1) is 24.3 Å².